The van der Waals surface area contributed by atoms with Crippen LogP contribution in [0.4, 0.5) is 4.79 Å². The third-order valence-corrected chi connectivity index (χ3v) is 5.34. The number of ether oxygens (including phenoxy) is 2. The molecule has 7 nitrogen and oxygen atoms in total. The molecule has 150 valence electrons. The molecule has 1 aromatic carbocycles. The van der Waals surface area contributed by atoms with Crippen LogP contribution < -0.4 is 0 Å². The molecule has 0 unspecified atom stereocenters. The number of carbonyl (C=O) groups is 2. The Bertz CT molecular complexity index is 874. The summed E-state index contributed by atoms with van der Waals surface area (Å²) in [5, 5.41) is 4.35. The highest BCUT2D eigenvalue weighted by atomic mass is 79.9. The zero-order valence-electron chi connectivity index (χ0n) is 16.3. The fraction of sp³-hybridized carbons (Fsp3) is 0.450. The third kappa shape index (κ3) is 4.55. The Morgan fingerprint density at radius 2 is 1.86 bits per heavy atom. The van der Waals surface area contributed by atoms with Gasteiger partial charge in [0.2, 0.25) is 0 Å². The average Bonchev–Trinajstić information content (AvgIpc) is 2.81. The summed E-state index contributed by atoms with van der Waals surface area (Å²) in [7, 11) is 0. The van der Waals surface area contributed by atoms with Crippen molar-refractivity contribution in [2.45, 2.75) is 46.9 Å². The third-order valence-electron chi connectivity index (χ3n) is 4.50. The van der Waals surface area contributed by atoms with Crippen LogP contribution in [-0.2, 0) is 29.2 Å². The van der Waals surface area contributed by atoms with E-state index in [0.717, 1.165) is 28.8 Å². The molecule has 0 saturated heterocycles. The number of fused-ring (bicyclic) bond motifs is 1. The van der Waals surface area contributed by atoms with E-state index >= 15 is 0 Å². The van der Waals surface area contributed by atoms with Gasteiger partial charge >= 0.3 is 12.1 Å². The van der Waals surface area contributed by atoms with Crippen molar-refractivity contribution in [2.75, 3.05) is 13.2 Å². The first-order valence-corrected chi connectivity index (χ1v) is 10.1. The zero-order chi connectivity index (χ0) is 20.3. The molecule has 2 heterocycles. The van der Waals surface area contributed by atoms with Gasteiger partial charge in [0.05, 0.1) is 23.3 Å². The first kappa shape index (κ1) is 20.4. The van der Waals surface area contributed by atoms with Crippen LogP contribution in [0.1, 0.15) is 46.2 Å². The van der Waals surface area contributed by atoms with Gasteiger partial charge in [-0.25, -0.2) is 9.59 Å². The van der Waals surface area contributed by atoms with Crippen molar-refractivity contribution in [1.82, 2.24) is 14.7 Å². The van der Waals surface area contributed by atoms with Crippen LogP contribution in [-0.4, -0.2) is 39.9 Å². The fourth-order valence-corrected chi connectivity index (χ4v) is 3.93. The first-order valence-electron chi connectivity index (χ1n) is 9.30. The SMILES string of the molecule is CCOC(=O)c1nn2c(c1Br)CN(C(=O)OCc1cc(C)cc(C)c1)CCC2. The predicted octanol–water partition coefficient (Wildman–Crippen LogP) is 3.98. The monoisotopic (exact) mass is 449 g/mol. The molecule has 0 spiro atoms. The van der Waals surface area contributed by atoms with Crippen molar-refractivity contribution in [1.29, 1.82) is 0 Å². The number of hydrogen-bond acceptors (Lipinski definition) is 5. The number of rotatable bonds is 4. The molecule has 0 aliphatic carbocycles. The summed E-state index contributed by atoms with van der Waals surface area (Å²) in [4.78, 5) is 26.3. The van der Waals surface area contributed by atoms with Crippen molar-refractivity contribution < 1.29 is 19.1 Å². The van der Waals surface area contributed by atoms with Crippen LogP contribution in [0.2, 0.25) is 0 Å². The van der Waals surface area contributed by atoms with Gasteiger partial charge in [-0.05, 0) is 48.7 Å². The molecule has 1 amide bonds. The molecular formula is C20H24BrN3O4. The Kier molecular flexibility index (Phi) is 6.39. The molecule has 0 radical (unpaired) electrons. The minimum atomic E-state index is -0.473. The van der Waals surface area contributed by atoms with Gasteiger partial charge in [0.25, 0.3) is 0 Å². The van der Waals surface area contributed by atoms with Crippen molar-refractivity contribution in [2.24, 2.45) is 0 Å². The normalized spacial score (nSPS) is 13.6. The highest BCUT2D eigenvalue weighted by Crippen LogP contribution is 2.26. The van der Waals surface area contributed by atoms with Crippen LogP contribution >= 0.6 is 15.9 Å². The molecule has 0 bridgehead atoms. The van der Waals surface area contributed by atoms with Gasteiger partial charge in [-0.1, -0.05) is 29.3 Å². The number of esters is 1. The molecule has 1 aromatic heterocycles. The highest BCUT2D eigenvalue weighted by molar-refractivity contribution is 9.10. The molecule has 1 aliphatic rings. The highest BCUT2D eigenvalue weighted by Gasteiger charge is 2.27. The van der Waals surface area contributed by atoms with E-state index in [1.54, 1.807) is 16.5 Å². The number of amides is 1. The smallest absolute Gasteiger partial charge is 0.410 e. The number of benzene rings is 1. The van der Waals surface area contributed by atoms with Gasteiger partial charge in [-0.3, -0.25) is 4.68 Å². The van der Waals surface area contributed by atoms with E-state index in [1.165, 1.54) is 0 Å². The Balaban J connectivity index is 1.70. The van der Waals surface area contributed by atoms with Crippen molar-refractivity contribution in [3.8, 4) is 0 Å². The predicted molar refractivity (Wildman–Crippen MR) is 107 cm³/mol. The largest absolute Gasteiger partial charge is 0.461 e. The van der Waals surface area contributed by atoms with Crippen LogP contribution in [0.3, 0.4) is 0 Å². The van der Waals surface area contributed by atoms with E-state index in [0.29, 0.717) is 24.1 Å². The first-order chi connectivity index (χ1) is 13.4. The second-order valence-electron chi connectivity index (χ2n) is 6.88. The number of carbonyl (C=O) groups excluding carboxylic acids is 2. The molecule has 0 fully saturated rings. The fourth-order valence-electron chi connectivity index (χ4n) is 3.36. The van der Waals surface area contributed by atoms with Gasteiger partial charge in [-0.15, -0.1) is 0 Å². The van der Waals surface area contributed by atoms with Crippen molar-refractivity contribution >= 4 is 28.0 Å². The summed E-state index contributed by atoms with van der Waals surface area (Å²) in [6, 6.07) is 6.11. The molecule has 2 aromatic rings. The lowest BCUT2D eigenvalue weighted by Crippen LogP contribution is -2.31. The van der Waals surface area contributed by atoms with Crippen LogP contribution in [0.25, 0.3) is 0 Å². The van der Waals surface area contributed by atoms with Crippen LogP contribution in [0, 0.1) is 13.8 Å². The van der Waals surface area contributed by atoms with Gasteiger partial charge < -0.3 is 14.4 Å². The minimum Gasteiger partial charge on any atom is -0.461 e. The Morgan fingerprint density at radius 3 is 2.54 bits per heavy atom. The summed E-state index contributed by atoms with van der Waals surface area (Å²) in [5.74, 6) is -0.473. The summed E-state index contributed by atoms with van der Waals surface area (Å²) in [6.07, 6.45) is 0.348. The maximum absolute atomic E-state index is 12.6. The van der Waals surface area contributed by atoms with Gasteiger partial charge in [0.15, 0.2) is 5.69 Å². The standard InChI is InChI=1S/C20H24BrN3O4/c1-4-27-19(25)18-17(21)16-11-23(6-5-7-24(16)22-18)20(26)28-12-15-9-13(2)8-14(3)10-15/h8-10H,4-7,11-12H2,1-3H3. The number of hydrogen-bond donors (Lipinski definition) is 0. The molecule has 0 saturated carbocycles. The number of halogens is 1. The van der Waals surface area contributed by atoms with Crippen LogP contribution in [0.5, 0.6) is 0 Å². The molecule has 3 rings (SSSR count). The van der Waals surface area contributed by atoms with Gasteiger partial charge in [0, 0.05) is 13.1 Å². The summed E-state index contributed by atoms with van der Waals surface area (Å²) in [6.45, 7) is 7.81. The molecule has 0 N–H and O–H groups in total. The summed E-state index contributed by atoms with van der Waals surface area (Å²) >= 11 is 3.45. The van der Waals surface area contributed by atoms with E-state index in [2.05, 4.69) is 27.1 Å². The van der Waals surface area contributed by atoms with Crippen LogP contribution in [0.15, 0.2) is 22.7 Å². The molecule has 8 heteroatoms. The number of aromatic nitrogens is 2. The van der Waals surface area contributed by atoms with Crippen molar-refractivity contribution in [3.63, 3.8) is 0 Å². The lowest BCUT2D eigenvalue weighted by atomic mass is 10.1. The van der Waals surface area contributed by atoms with E-state index in [-0.39, 0.29) is 25.0 Å². The second-order valence-corrected chi connectivity index (χ2v) is 7.67. The quantitative estimate of drug-likeness (QED) is 0.659. The molecule has 0 atom stereocenters. The van der Waals surface area contributed by atoms with Gasteiger partial charge in [0.1, 0.15) is 6.61 Å². The Hall–Kier alpha value is -2.35. The average molecular weight is 450 g/mol. The van der Waals surface area contributed by atoms with E-state index in [1.807, 2.05) is 26.0 Å². The number of nitrogens with zero attached hydrogens (tertiary/aromatic N) is 3. The molecule has 1 aliphatic heterocycles. The topological polar surface area (TPSA) is 73.7 Å². The zero-order valence-corrected chi connectivity index (χ0v) is 17.9. The van der Waals surface area contributed by atoms with E-state index in [9.17, 15) is 9.59 Å². The van der Waals surface area contributed by atoms with E-state index < -0.39 is 5.97 Å². The Labute approximate surface area is 172 Å². The molecular weight excluding hydrogens is 426 g/mol. The maximum Gasteiger partial charge on any atom is 0.410 e. The van der Waals surface area contributed by atoms with Crippen molar-refractivity contribution in [3.05, 3.63) is 50.8 Å². The summed E-state index contributed by atoms with van der Waals surface area (Å²) in [5.41, 5.74) is 4.25. The lowest BCUT2D eigenvalue weighted by Gasteiger charge is -2.20. The lowest BCUT2D eigenvalue weighted by molar-refractivity contribution is 0.0517. The van der Waals surface area contributed by atoms with E-state index in [4.69, 9.17) is 9.47 Å². The van der Waals surface area contributed by atoms with Gasteiger partial charge in [-0.2, -0.15) is 5.10 Å². The summed E-state index contributed by atoms with van der Waals surface area (Å²) < 4.78 is 12.9. The second kappa shape index (κ2) is 8.77. The maximum atomic E-state index is 12.6. The molecule has 28 heavy (non-hydrogen) atoms. The number of aryl methyl sites for hydroxylation is 3. The Morgan fingerprint density at radius 1 is 1.14 bits per heavy atom. The minimum absolute atomic E-state index is 0.229.